The van der Waals surface area contributed by atoms with Gasteiger partial charge >= 0.3 is 15.2 Å². The minimum Gasteiger partial charge on any atom is -0.324 e. The van der Waals surface area contributed by atoms with Gasteiger partial charge in [-0.05, 0) is 12.8 Å². The summed E-state index contributed by atoms with van der Waals surface area (Å²) in [6, 6.07) is 0. The summed E-state index contributed by atoms with van der Waals surface area (Å²) in [5.74, 6) is 0. The number of hydrogen-bond donors (Lipinski definition) is 4. The van der Waals surface area contributed by atoms with Crippen molar-refractivity contribution >= 4 is 15.2 Å². The molecule has 0 radical (unpaired) electrons. The Hall–Kier alpha value is 0.300. The highest BCUT2D eigenvalue weighted by atomic mass is 31.2. The van der Waals surface area contributed by atoms with Crippen molar-refractivity contribution in [3.63, 3.8) is 0 Å². The molecule has 0 bridgehead atoms. The third-order valence-electron chi connectivity index (χ3n) is 1.78. The molecule has 0 saturated heterocycles. The van der Waals surface area contributed by atoms with Crippen LogP contribution in [0.4, 0.5) is 0 Å². The van der Waals surface area contributed by atoms with Crippen LogP contribution in [0.3, 0.4) is 0 Å². The van der Waals surface area contributed by atoms with Crippen molar-refractivity contribution in [1.82, 2.24) is 0 Å². The smallest absolute Gasteiger partial charge is 0.324 e. The van der Waals surface area contributed by atoms with Crippen molar-refractivity contribution in [1.29, 1.82) is 0 Å². The summed E-state index contributed by atoms with van der Waals surface area (Å²) in [6.45, 7) is 0. The highest BCUT2D eigenvalue weighted by molar-refractivity contribution is 7.73. The fourth-order valence-corrected chi connectivity index (χ4v) is 3.61. The molecule has 0 unspecified atom stereocenters. The number of rotatable bonds is 2. The lowest BCUT2D eigenvalue weighted by atomic mass is 10.9. The highest BCUT2D eigenvalue weighted by Crippen LogP contribution is 2.80. The van der Waals surface area contributed by atoms with Gasteiger partial charge in [0.25, 0.3) is 0 Å². The predicted molar refractivity (Wildman–Crippen MR) is 36.1 cm³/mol. The van der Waals surface area contributed by atoms with Crippen molar-refractivity contribution < 1.29 is 28.7 Å². The molecule has 0 atom stereocenters. The van der Waals surface area contributed by atoms with Crippen molar-refractivity contribution in [2.24, 2.45) is 0 Å². The molecule has 11 heavy (non-hydrogen) atoms. The lowest BCUT2D eigenvalue weighted by molar-refractivity contribution is 0.335. The van der Waals surface area contributed by atoms with Crippen LogP contribution < -0.4 is 0 Å². The second kappa shape index (κ2) is 2.16. The maximum absolute atomic E-state index is 10.6. The molecule has 0 amide bonds. The molecule has 1 fully saturated rings. The van der Waals surface area contributed by atoms with Crippen LogP contribution in [0.1, 0.15) is 12.8 Å². The first-order valence-electron chi connectivity index (χ1n) is 2.82. The van der Waals surface area contributed by atoms with E-state index in [9.17, 15) is 9.13 Å². The molecule has 0 aromatic carbocycles. The maximum Gasteiger partial charge on any atom is 0.343 e. The van der Waals surface area contributed by atoms with E-state index in [0.717, 1.165) is 0 Å². The molecular weight excluding hydrogens is 194 g/mol. The Kier molecular flexibility index (Phi) is 1.85. The lowest BCUT2D eigenvalue weighted by Crippen LogP contribution is -2.09. The molecule has 0 aromatic rings. The second-order valence-corrected chi connectivity index (χ2v) is 6.81. The normalized spacial score (nSPS) is 23.3. The second-order valence-electron chi connectivity index (χ2n) is 2.57. The molecule has 0 heterocycles. The Morgan fingerprint density at radius 3 is 1.18 bits per heavy atom. The van der Waals surface area contributed by atoms with Crippen molar-refractivity contribution in [3.05, 3.63) is 0 Å². The van der Waals surface area contributed by atoms with Crippen LogP contribution in [0.2, 0.25) is 0 Å². The highest BCUT2D eigenvalue weighted by Gasteiger charge is 2.68. The van der Waals surface area contributed by atoms with Crippen LogP contribution in [0.15, 0.2) is 0 Å². The Balaban J connectivity index is 3.05. The van der Waals surface area contributed by atoms with Gasteiger partial charge in [-0.1, -0.05) is 0 Å². The molecule has 66 valence electrons. The average molecular weight is 202 g/mol. The van der Waals surface area contributed by atoms with Crippen LogP contribution in [0, 0.1) is 0 Å². The van der Waals surface area contributed by atoms with Crippen LogP contribution >= 0.6 is 15.2 Å². The lowest BCUT2D eigenvalue weighted by Gasteiger charge is -2.17. The Labute approximate surface area is 62.6 Å². The summed E-state index contributed by atoms with van der Waals surface area (Å²) in [7, 11) is -9.28. The largest absolute Gasteiger partial charge is 0.343 e. The average Bonchev–Trinajstić information content (AvgIpc) is 2.31. The summed E-state index contributed by atoms with van der Waals surface area (Å²) < 4.78 is 21.1. The minimum atomic E-state index is -4.64. The number of hydrogen-bond acceptors (Lipinski definition) is 2. The van der Waals surface area contributed by atoms with Gasteiger partial charge in [0.2, 0.25) is 0 Å². The quantitative estimate of drug-likeness (QED) is 0.462. The Morgan fingerprint density at radius 2 is 1.18 bits per heavy atom. The molecule has 0 spiro atoms. The Morgan fingerprint density at radius 1 is 0.909 bits per heavy atom. The first-order valence-corrected chi connectivity index (χ1v) is 6.04. The molecule has 1 aliphatic rings. The van der Waals surface area contributed by atoms with Gasteiger partial charge in [-0.3, -0.25) is 9.13 Å². The minimum absolute atomic E-state index is 0.0957. The fraction of sp³-hybridized carbons (Fsp3) is 1.00. The summed E-state index contributed by atoms with van der Waals surface area (Å²) in [4.78, 5) is 32.2. The van der Waals surface area contributed by atoms with Gasteiger partial charge in [0.05, 0.1) is 0 Å². The molecule has 1 rings (SSSR count). The zero-order chi connectivity index (χ0) is 8.91. The van der Waals surface area contributed by atoms with Crippen LogP contribution in [0.25, 0.3) is 0 Å². The molecule has 4 N–H and O–H groups in total. The molecule has 1 aliphatic carbocycles. The van der Waals surface area contributed by atoms with E-state index >= 15 is 0 Å². The van der Waals surface area contributed by atoms with E-state index in [4.69, 9.17) is 19.6 Å². The van der Waals surface area contributed by atoms with Gasteiger partial charge in [-0.2, -0.15) is 0 Å². The van der Waals surface area contributed by atoms with Crippen molar-refractivity contribution in [3.8, 4) is 0 Å². The SMILES string of the molecule is O=P(O)(O)C1(P(=O)(O)O)CC1. The fourth-order valence-electron chi connectivity index (χ4n) is 0.864. The van der Waals surface area contributed by atoms with Gasteiger partial charge in [0, 0.05) is 0 Å². The maximum atomic E-state index is 10.6. The van der Waals surface area contributed by atoms with Gasteiger partial charge in [-0.15, -0.1) is 0 Å². The Bertz CT molecular complexity index is 231. The third kappa shape index (κ3) is 1.31. The zero-order valence-corrected chi connectivity index (χ0v) is 7.20. The summed E-state index contributed by atoms with van der Waals surface area (Å²) in [5, 5.41) is 0. The summed E-state index contributed by atoms with van der Waals surface area (Å²) >= 11 is 0. The van der Waals surface area contributed by atoms with Crippen molar-refractivity contribution in [2.45, 2.75) is 17.7 Å². The first-order chi connectivity index (χ1) is 4.71. The monoisotopic (exact) mass is 202 g/mol. The van der Waals surface area contributed by atoms with E-state index in [1.165, 1.54) is 0 Å². The molecular formula is C3H8O6P2. The van der Waals surface area contributed by atoms with E-state index in [2.05, 4.69) is 0 Å². The van der Waals surface area contributed by atoms with Crippen LogP contribution in [-0.4, -0.2) is 24.5 Å². The van der Waals surface area contributed by atoms with Crippen molar-refractivity contribution in [2.75, 3.05) is 0 Å². The molecule has 8 heteroatoms. The molecule has 0 aromatic heterocycles. The van der Waals surface area contributed by atoms with Gasteiger partial charge in [0.15, 0.2) is 4.90 Å². The summed E-state index contributed by atoms with van der Waals surface area (Å²) in [6.07, 6.45) is -0.191. The molecule has 1 saturated carbocycles. The first kappa shape index (κ1) is 9.39. The standard InChI is InChI=1S/C3H8O6P2/c4-10(5,6)3(1-2-3)11(7,8)9/h1-2H2,(H2,4,5,6)(H2,7,8,9). The van der Waals surface area contributed by atoms with Gasteiger partial charge in [-0.25, -0.2) is 0 Å². The van der Waals surface area contributed by atoms with E-state index in [0.29, 0.717) is 0 Å². The van der Waals surface area contributed by atoms with Crippen LogP contribution in [0.5, 0.6) is 0 Å². The zero-order valence-electron chi connectivity index (χ0n) is 5.41. The van der Waals surface area contributed by atoms with E-state index in [-0.39, 0.29) is 12.8 Å². The van der Waals surface area contributed by atoms with Crippen LogP contribution in [-0.2, 0) is 9.13 Å². The van der Waals surface area contributed by atoms with E-state index in [1.807, 2.05) is 0 Å². The molecule has 0 aliphatic heterocycles. The van der Waals surface area contributed by atoms with E-state index < -0.39 is 20.1 Å². The third-order valence-corrected chi connectivity index (χ3v) is 6.41. The molecule has 6 nitrogen and oxygen atoms in total. The van der Waals surface area contributed by atoms with Gasteiger partial charge < -0.3 is 19.6 Å². The van der Waals surface area contributed by atoms with Gasteiger partial charge in [0.1, 0.15) is 0 Å². The predicted octanol–water partition coefficient (Wildman–Crippen LogP) is -0.168. The summed E-state index contributed by atoms with van der Waals surface area (Å²) in [5.41, 5.74) is 0. The topological polar surface area (TPSA) is 115 Å². The van der Waals surface area contributed by atoms with E-state index in [1.54, 1.807) is 0 Å².